The van der Waals surface area contributed by atoms with Crippen LogP contribution < -0.4 is 36.6 Å². The van der Waals surface area contributed by atoms with E-state index in [1.54, 1.807) is 0 Å². The topological polar surface area (TPSA) is 87.9 Å². The van der Waals surface area contributed by atoms with E-state index in [2.05, 4.69) is 121 Å². The third kappa shape index (κ3) is 10.5. The van der Waals surface area contributed by atoms with Crippen LogP contribution in [-0.4, -0.2) is 115 Å². The van der Waals surface area contributed by atoms with Gasteiger partial charge in [0.05, 0.1) is 0 Å². The van der Waals surface area contributed by atoms with Crippen molar-refractivity contribution in [3.05, 3.63) is 57.6 Å². The Morgan fingerprint density at radius 2 is 0.800 bits per heavy atom. The molecule has 0 amide bonds. The van der Waals surface area contributed by atoms with Crippen LogP contribution in [0.1, 0.15) is 88.8 Å². The van der Waals surface area contributed by atoms with Crippen LogP contribution in [0.15, 0.2) is 24.3 Å². The molecule has 50 heavy (non-hydrogen) atoms. The molecule has 3 aliphatic heterocycles. The molecular weight excluding hydrogens is 621 g/mol. The standard InChI is InChI=1S/C41H70N8O/c1-39(2,3)33-25-31(29-48-21-17-44-13-9-42-10-14-45-18-22-48)37-35(27-33)41(7,8)36-28-34(40(4,5)6)26-32(38(36)50-37)30-49-23-19-46-15-11-43-12-16-47-20-24-49/h25-28,42-47H,9-24,29-30H2,1-8H3. The highest BCUT2D eigenvalue weighted by Gasteiger charge is 2.39. The Morgan fingerprint density at radius 3 is 1.10 bits per heavy atom. The highest BCUT2D eigenvalue weighted by molar-refractivity contribution is 5.64. The van der Waals surface area contributed by atoms with Crippen LogP contribution in [0.3, 0.4) is 0 Å². The van der Waals surface area contributed by atoms with Crippen LogP contribution in [0.5, 0.6) is 11.5 Å². The van der Waals surface area contributed by atoms with E-state index in [9.17, 15) is 0 Å². The van der Waals surface area contributed by atoms with E-state index in [0.29, 0.717) is 0 Å². The molecule has 280 valence electrons. The summed E-state index contributed by atoms with van der Waals surface area (Å²) in [6, 6.07) is 9.82. The van der Waals surface area contributed by atoms with Gasteiger partial charge in [0, 0.05) is 145 Å². The number of benzene rings is 2. The fourth-order valence-electron chi connectivity index (χ4n) is 7.32. The summed E-state index contributed by atoms with van der Waals surface area (Å²) in [6.45, 7) is 36.6. The van der Waals surface area contributed by atoms with Gasteiger partial charge in [0.15, 0.2) is 0 Å². The predicted octanol–water partition coefficient (Wildman–Crippen LogP) is 3.88. The van der Waals surface area contributed by atoms with Gasteiger partial charge in [-0.05, 0) is 22.0 Å². The molecule has 9 heteroatoms. The molecule has 0 spiro atoms. The van der Waals surface area contributed by atoms with Crippen LogP contribution in [0, 0.1) is 0 Å². The molecule has 5 rings (SSSR count). The van der Waals surface area contributed by atoms with Crippen LogP contribution >= 0.6 is 0 Å². The first-order valence-electron chi connectivity index (χ1n) is 19.6. The molecule has 3 aliphatic rings. The Bertz CT molecular complexity index is 1250. The lowest BCUT2D eigenvalue weighted by Gasteiger charge is -2.40. The summed E-state index contributed by atoms with van der Waals surface area (Å²) in [5, 5.41) is 21.7. The Balaban J connectivity index is 1.54. The van der Waals surface area contributed by atoms with Crippen LogP contribution in [-0.2, 0) is 29.3 Å². The Labute approximate surface area is 304 Å². The van der Waals surface area contributed by atoms with E-state index in [0.717, 1.165) is 129 Å². The van der Waals surface area contributed by atoms with Crippen molar-refractivity contribution in [3.8, 4) is 11.5 Å². The summed E-state index contributed by atoms with van der Waals surface area (Å²) in [7, 11) is 0. The van der Waals surface area contributed by atoms with Crippen molar-refractivity contribution < 1.29 is 4.74 Å². The van der Waals surface area contributed by atoms with Gasteiger partial charge in [-0.15, -0.1) is 0 Å². The fourth-order valence-corrected chi connectivity index (χ4v) is 7.32. The van der Waals surface area contributed by atoms with Gasteiger partial charge >= 0.3 is 0 Å². The van der Waals surface area contributed by atoms with Crippen molar-refractivity contribution in [1.82, 2.24) is 41.7 Å². The number of fused-ring (bicyclic) bond motifs is 2. The molecule has 0 aromatic heterocycles. The summed E-state index contributed by atoms with van der Waals surface area (Å²) in [5.74, 6) is 2.14. The summed E-state index contributed by atoms with van der Waals surface area (Å²) < 4.78 is 7.34. The molecule has 2 aromatic carbocycles. The zero-order valence-electron chi connectivity index (χ0n) is 32.8. The second-order valence-corrected chi connectivity index (χ2v) is 17.3. The third-order valence-corrected chi connectivity index (χ3v) is 10.7. The largest absolute Gasteiger partial charge is 0.456 e. The van der Waals surface area contributed by atoms with Gasteiger partial charge in [0.1, 0.15) is 11.5 Å². The first-order chi connectivity index (χ1) is 23.8. The second kappa shape index (κ2) is 17.6. The Hall–Kier alpha value is -2.08. The lowest BCUT2D eigenvalue weighted by molar-refractivity contribution is 0.254. The number of ether oxygens (including phenoxy) is 1. The number of nitrogens with zero attached hydrogens (tertiary/aromatic N) is 2. The van der Waals surface area contributed by atoms with E-state index in [1.807, 2.05) is 0 Å². The highest BCUT2D eigenvalue weighted by atomic mass is 16.5. The average molecular weight is 691 g/mol. The van der Waals surface area contributed by atoms with E-state index < -0.39 is 0 Å². The maximum Gasteiger partial charge on any atom is 0.136 e. The van der Waals surface area contributed by atoms with Crippen LogP contribution in [0.2, 0.25) is 0 Å². The van der Waals surface area contributed by atoms with E-state index in [-0.39, 0.29) is 16.2 Å². The predicted molar refractivity (Wildman–Crippen MR) is 210 cm³/mol. The molecule has 0 aliphatic carbocycles. The normalized spacial score (nSPS) is 21.4. The maximum atomic E-state index is 7.34. The minimum atomic E-state index is -0.217. The zero-order valence-corrected chi connectivity index (χ0v) is 32.8. The minimum absolute atomic E-state index is 0.0234. The summed E-state index contributed by atoms with van der Waals surface area (Å²) in [5.41, 5.74) is 7.83. The van der Waals surface area contributed by atoms with Crippen molar-refractivity contribution in [1.29, 1.82) is 0 Å². The monoisotopic (exact) mass is 691 g/mol. The molecule has 2 aromatic rings. The van der Waals surface area contributed by atoms with Crippen molar-refractivity contribution in [2.75, 3.05) is 105 Å². The molecule has 9 nitrogen and oxygen atoms in total. The van der Waals surface area contributed by atoms with Crippen LogP contribution in [0.25, 0.3) is 0 Å². The van der Waals surface area contributed by atoms with Crippen molar-refractivity contribution in [2.24, 2.45) is 0 Å². The van der Waals surface area contributed by atoms with Gasteiger partial charge in [0.25, 0.3) is 0 Å². The molecule has 0 unspecified atom stereocenters. The Morgan fingerprint density at radius 1 is 0.500 bits per heavy atom. The summed E-state index contributed by atoms with van der Waals surface area (Å²) in [4.78, 5) is 5.22. The minimum Gasteiger partial charge on any atom is -0.456 e. The molecule has 2 saturated heterocycles. The molecule has 0 radical (unpaired) electrons. The lowest BCUT2D eigenvalue weighted by Crippen LogP contribution is -2.41. The zero-order chi connectivity index (χ0) is 35.8. The smallest absolute Gasteiger partial charge is 0.136 e. The van der Waals surface area contributed by atoms with Gasteiger partial charge in [-0.25, -0.2) is 0 Å². The fraction of sp³-hybridized carbons (Fsp3) is 0.707. The first-order valence-corrected chi connectivity index (χ1v) is 19.6. The van der Waals surface area contributed by atoms with E-state index in [1.165, 1.54) is 33.4 Å². The van der Waals surface area contributed by atoms with Crippen molar-refractivity contribution >= 4 is 0 Å². The van der Waals surface area contributed by atoms with E-state index >= 15 is 0 Å². The highest BCUT2D eigenvalue weighted by Crippen LogP contribution is 2.53. The van der Waals surface area contributed by atoms with Gasteiger partial charge < -0.3 is 36.6 Å². The third-order valence-electron chi connectivity index (χ3n) is 10.7. The maximum absolute atomic E-state index is 7.34. The SMILES string of the molecule is CC(C)(C)c1cc(CN2CCNCCNCCNCC2)c2c(c1)C(C)(C)c1cc(C(C)(C)C)cc(CN3CCNCCNCCNCC3)c1O2. The van der Waals surface area contributed by atoms with E-state index in [4.69, 9.17) is 4.74 Å². The van der Waals surface area contributed by atoms with Crippen molar-refractivity contribution in [2.45, 2.75) is 84.7 Å². The van der Waals surface area contributed by atoms with Gasteiger partial charge in [-0.3, -0.25) is 9.80 Å². The lowest BCUT2D eigenvalue weighted by atomic mass is 9.70. The van der Waals surface area contributed by atoms with Crippen LogP contribution in [0.4, 0.5) is 0 Å². The quantitative estimate of drug-likeness (QED) is 0.287. The van der Waals surface area contributed by atoms with Gasteiger partial charge in [0.2, 0.25) is 0 Å². The first kappa shape index (κ1) is 39.1. The number of hydrogen-bond donors (Lipinski definition) is 6. The molecule has 3 heterocycles. The molecule has 6 N–H and O–H groups in total. The number of nitrogens with one attached hydrogen (secondary N) is 6. The average Bonchev–Trinajstić information content (AvgIpc) is 3.03. The summed E-state index contributed by atoms with van der Waals surface area (Å²) in [6.07, 6.45) is 0. The van der Waals surface area contributed by atoms with Crippen molar-refractivity contribution in [3.63, 3.8) is 0 Å². The Kier molecular flexibility index (Phi) is 13.8. The molecule has 0 atom stereocenters. The number of hydrogen-bond acceptors (Lipinski definition) is 9. The summed E-state index contributed by atoms with van der Waals surface area (Å²) >= 11 is 0. The molecule has 2 fully saturated rings. The second-order valence-electron chi connectivity index (χ2n) is 17.3. The molecule has 0 bridgehead atoms. The molecular formula is C41H70N8O. The van der Waals surface area contributed by atoms with Gasteiger partial charge in [-0.2, -0.15) is 0 Å². The molecule has 0 saturated carbocycles. The van der Waals surface area contributed by atoms with Gasteiger partial charge in [-0.1, -0.05) is 79.7 Å². The number of rotatable bonds is 4.